The molecule has 3 fully saturated rings. The van der Waals surface area contributed by atoms with Crippen LogP contribution in [0.3, 0.4) is 0 Å². The Balaban J connectivity index is 1.15. The SMILES string of the molecule is COc1ccc(CC(=O)N(CCCCC2Cc3cc(O)ccc3C3C(F)C[C@]4(C)C(O)CCC4C23)CC2CCCCC2)cc1OC. The number of aromatic hydroxyl groups is 1. The van der Waals surface area contributed by atoms with Gasteiger partial charge in [-0.05, 0) is 121 Å². The first-order valence-electron chi connectivity index (χ1n) is 17.8. The van der Waals surface area contributed by atoms with Crippen molar-refractivity contribution in [1.29, 1.82) is 0 Å². The number of ether oxygens (including phenoxy) is 2. The Morgan fingerprint density at radius 3 is 2.54 bits per heavy atom. The maximum Gasteiger partial charge on any atom is 0.227 e. The standard InChI is InChI=1S/C39H54FNO5/c1-39-23-32(40)38-30-14-13-29(42)22-28(30)21-27(37(38)31(39)15-17-35(39)43)11-7-8-18-41(24-25-9-5-4-6-10-25)36(44)20-26-12-16-33(45-2)34(19-26)46-3/h12-14,16,19,22,25,27,31-32,35,37-38,42-43H,4-11,15,17-18,20-21,23-24H2,1-3H3/t27?,31?,32?,35?,37?,38?,39-/m0/s1. The van der Waals surface area contributed by atoms with Crippen molar-refractivity contribution < 1.29 is 28.9 Å². The van der Waals surface area contributed by atoms with Gasteiger partial charge in [-0.3, -0.25) is 4.79 Å². The number of alkyl halides is 1. The van der Waals surface area contributed by atoms with E-state index < -0.39 is 12.3 Å². The van der Waals surface area contributed by atoms with Gasteiger partial charge in [0.2, 0.25) is 5.91 Å². The summed E-state index contributed by atoms with van der Waals surface area (Å²) in [5.74, 6) is 2.86. The molecular weight excluding hydrogens is 581 g/mol. The first-order chi connectivity index (χ1) is 22.2. The van der Waals surface area contributed by atoms with Gasteiger partial charge in [-0.1, -0.05) is 44.7 Å². The van der Waals surface area contributed by atoms with Gasteiger partial charge in [0.25, 0.3) is 0 Å². The van der Waals surface area contributed by atoms with E-state index in [1.807, 2.05) is 30.3 Å². The minimum atomic E-state index is -0.995. The Kier molecular flexibility index (Phi) is 10.2. The van der Waals surface area contributed by atoms with Gasteiger partial charge in [0.05, 0.1) is 26.7 Å². The van der Waals surface area contributed by atoms with Crippen LogP contribution in [0.4, 0.5) is 4.39 Å². The van der Waals surface area contributed by atoms with Crippen molar-refractivity contribution in [3.8, 4) is 17.2 Å². The number of phenolic OH excluding ortho intramolecular Hbond substituents is 1. The topological polar surface area (TPSA) is 79.2 Å². The number of fused-ring (bicyclic) bond motifs is 5. The van der Waals surface area contributed by atoms with E-state index in [0.29, 0.717) is 42.1 Å². The van der Waals surface area contributed by atoms with Crippen LogP contribution in [-0.2, 0) is 17.6 Å². The van der Waals surface area contributed by atoms with E-state index in [1.54, 1.807) is 20.3 Å². The van der Waals surface area contributed by atoms with Crippen LogP contribution >= 0.6 is 0 Å². The molecule has 46 heavy (non-hydrogen) atoms. The first-order valence-corrected chi connectivity index (χ1v) is 17.8. The number of hydrogen-bond acceptors (Lipinski definition) is 5. The number of rotatable bonds is 11. The maximum atomic E-state index is 16.2. The lowest BCUT2D eigenvalue weighted by Gasteiger charge is -2.54. The summed E-state index contributed by atoms with van der Waals surface area (Å²) in [6.07, 6.45) is 10.8. The van der Waals surface area contributed by atoms with Crippen molar-refractivity contribution in [3.05, 3.63) is 53.1 Å². The summed E-state index contributed by atoms with van der Waals surface area (Å²) < 4.78 is 27.0. The van der Waals surface area contributed by atoms with Crippen molar-refractivity contribution in [1.82, 2.24) is 4.90 Å². The summed E-state index contributed by atoms with van der Waals surface area (Å²) in [5.41, 5.74) is 2.70. The predicted octanol–water partition coefficient (Wildman–Crippen LogP) is 7.62. The monoisotopic (exact) mass is 635 g/mol. The van der Waals surface area contributed by atoms with Crippen LogP contribution < -0.4 is 9.47 Å². The Morgan fingerprint density at radius 1 is 1.00 bits per heavy atom. The first kappa shape index (κ1) is 33.1. The van der Waals surface area contributed by atoms with Crippen LogP contribution in [0.25, 0.3) is 0 Å². The van der Waals surface area contributed by atoms with Crippen molar-refractivity contribution in [3.63, 3.8) is 0 Å². The van der Waals surface area contributed by atoms with E-state index in [9.17, 15) is 15.0 Å². The van der Waals surface area contributed by atoms with Gasteiger partial charge >= 0.3 is 0 Å². The van der Waals surface area contributed by atoms with Gasteiger partial charge in [-0.2, -0.15) is 0 Å². The van der Waals surface area contributed by atoms with Crippen molar-refractivity contribution >= 4 is 5.91 Å². The number of benzene rings is 2. The Bertz CT molecular complexity index is 1360. The van der Waals surface area contributed by atoms with E-state index in [1.165, 1.54) is 32.1 Å². The molecule has 0 spiro atoms. The highest BCUT2D eigenvalue weighted by Gasteiger charge is 2.59. The lowest BCUT2D eigenvalue weighted by atomic mass is 9.51. The highest BCUT2D eigenvalue weighted by Crippen LogP contribution is 2.63. The second-order valence-electron chi connectivity index (χ2n) is 15.1. The minimum absolute atomic E-state index is 0.156. The van der Waals surface area contributed by atoms with Crippen LogP contribution in [0.5, 0.6) is 17.2 Å². The second kappa shape index (κ2) is 14.1. The second-order valence-corrected chi connectivity index (χ2v) is 15.1. The molecule has 4 aliphatic rings. The van der Waals surface area contributed by atoms with Crippen LogP contribution in [-0.4, -0.2) is 60.6 Å². The Morgan fingerprint density at radius 2 is 1.78 bits per heavy atom. The molecule has 2 N–H and O–H groups in total. The molecule has 4 aliphatic carbocycles. The molecule has 6 unspecified atom stereocenters. The summed E-state index contributed by atoms with van der Waals surface area (Å²) in [4.78, 5) is 15.9. The number of aliphatic hydroxyl groups is 1. The number of nitrogens with zero attached hydrogens (tertiary/aromatic N) is 1. The number of amides is 1. The maximum absolute atomic E-state index is 16.2. The van der Waals surface area contributed by atoms with E-state index in [2.05, 4.69) is 11.8 Å². The summed E-state index contributed by atoms with van der Waals surface area (Å²) in [5, 5.41) is 21.3. The molecule has 0 saturated heterocycles. The van der Waals surface area contributed by atoms with E-state index in [-0.39, 0.29) is 28.9 Å². The summed E-state index contributed by atoms with van der Waals surface area (Å²) in [6.45, 7) is 3.66. The normalized spacial score (nSPS) is 30.6. The predicted molar refractivity (Wildman–Crippen MR) is 178 cm³/mol. The summed E-state index contributed by atoms with van der Waals surface area (Å²) in [6, 6.07) is 11.2. The molecule has 7 heteroatoms. The van der Waals surface area contributed by atoms with Crippen LogP contribution in [0.1, 0.15) is 100 Å². The molecule has 3 saturated carbocycles. The van der Waals surface area contributed by atoms with Gasteiger partial charge in [0, 0.05) is 19.0 Å². The molecule has 2 aromatic rings. The van der Waals surface area contributed by atoms with Gasteiger partial charge in [-0.25, -0.2) is 4.39 Å². The quantitative estimate of drug-likeness (QED) is 0.249. The number of methoxy groups -OCH3 is 2. The third-order valence-corrected chi connectivity index (χ3v) is 12.4. The lowest BCUT2D eigenvalue weighted by molar-refractivity contribution is -0.131. The summed E-state index contributed by atoms with van der Waals surface area (Å²) in [7, 11) is 3.23. The minimum Gasteiger partial charge on any atom is -0.508 e. The zero-order chi connectivity index (χ0) is 32.4. The smallest absolute Gasteiger partial charge is 0.227 e. The Labute approximate surface area is 274 Å². The Hall–Kier alpha value is -2.80. The molecule has 6 nitrogen and oxygen atoms in total. The largest absolute Gasteiger partial charge is 0.508 e. The van der Waals surface area contributed by atoms with E-state index in [4.69, 9.17) is 9.47 Å². The number of carbonyl (C=O) groups is 1. The average molecular weight is 636 g/mol. The lowest BCUT2D eigenvalue weighted by Crippen LogP contribution is -2.51. The fourth-order valence-electron chi connectivity index (χ4n) is 10.0. The molecule has 252 valence electrons. The molecule has 0 aromatic heterocycles. The van der Waals surface area contributed by atoms with E-state index >= 15 is 4.39 Å². The van der Waals surface area contributed by atoms with Gasteiger partial charge in [-0.15, -0.1) is 0 Å². The van der Waals surface area contributed by atoms with Gasteiger partial charge in [0.15, 0.2) is 11.5 Å². The third-order valence-electron chi connectivity index (χ3n) is 12.4. The van der Waals surface area contributed by atoms with E-state index in [0.717, 1.165) is 68.3 Å². The van der Waals surface area contributed by atoms with Crippen molar-refractivity contribution in [2.75, 3.05) is 27.3 Å². The zero-order valence-corrected chi connectivity index (χ0v) is 28.1. The third kappa shape index (κ3) is 6.63. The molecular formula is C39H54FNO5. The molecule has 0 radical (unpaired) electrons. The molecule has 7 atom stereocenters. The van der Waals surface area contributed by atoms with Gasteiger partial charge < -0.3 is 24.6 Å². The number of hydrogen-bond donors (Lipinski definition) is 2. The highest BCUT2D eigenvalue weighted by atomic mass is 19.1. The number of phenols is 1. The molecule has 6 rings (SSSR count). The van der Waals surface area contributed by atoms with Gasteiger partial charge in [0.1, 0.15) is 11.9 Å². The van der Waals surface area contributed by atoms with Crippen molar-refractivity contribution in [2.24, 2.45) is 29.1 Å². The highest BCUT2D eigenvalue weighted by molar-refractivity contribution is 5.79. The van der Waals surface area contributed by atoms with Crippen LogP contribution in [0.15, 0.2) is 36.4 Å². The summed E-state index contributed by atoms with van der Waals surface area (Å²) >= 11 is 0. The molecule has 2 aromatic carbocycles. The van der Waals surface area contributed by atoms with Crippen LogP contribution in [0, 0.1) is 29.1 Å². The molecule has 1 amide bonds. The molecule has 0 heterocycles. The number of halogens is 1. The fourth-order valence-corrected chi connectivity index (χ4v) is 10.0. The molecule has 0 bridgehead atoms. The van der Waals surface area contributed by atoms with Crippen LogP contribution in [0.2, 0.25) is 0 Å². The number of carbonyl (C=O) groups excluding carboxylic acids is 1. The average Bonchev–Trinajstić information content (AvgIpc) is 3.35. The molecule has 0 aliphatic heterocycles. The number of unbranched alkanes of at least 4 members (excludes halogenated alkanes) is 1. The fraction of sp³-hybridized carbons (Fsp3) is 0.667. The number of aliphatic hydroxyl groups excluding tert-OH is 1. The van der Waals surface area contributed by atoms with Crippen molar-refractivity contribution in [2.45, 2.75) is 109 Å². The zero-order valence-electron chi connectivity index (χ0n) is 28.1.